The van der Waals surface area contributed by atoms with Crippen LogP contribution in [-0.4, -0.2) is 5.91 Å². The number of benzene rings is 2. The Kier molecular flexibility index (Phi) is 4.83. The summed E-state index contributed by atoms with van der Waals surface area (Å²) in [6.07, 6.45) is 0.328. The lowest BCUT2D eigenvalue weighted by Crippen LogP contribution is -2.16. The number of rotatable bonds is 3. The van der Waals surface area contributed by atoms with Crippen LogP contribution in [0.4, 0.5) is 11.4 Å². The standard InChI is InChI=1S/C15H14Br2N2O/c1-9-4-2-3-5-10(9)6-14(20)19-15-12(17)7-11(16)8-13(15)18/h2-5,7-8H,6,18H2,1H3,(H,19,20). The number of hydrogen-bond donors (Lipinski definition) is 2. The van der Waals surface area contributed by atoms with Crippen LogP contribution in [0.3, 0.4) is 0 Å². The largest absolute Gasteiger partial charge is 0.397 e. The van der Waals surface area contributed by atoms with Crippen LogP contribution >= 0.6 is 31.9 Å². The van der Waals surface area contributed by atoms with Gasteiger partial charge in [-0.15, -0.1) is 0 Å². The van der Waals surface area contributed by atoms with E-state index in [9.17, 15) is 4.79 Å². The van der Waals surface area contributed by atoms with Crippen LogP contribution in [0.1, 0.15) is 11.1 Å². The average Bonchev–Trinajstić information content (AvgIpc) is 2.36. The van der Waals surface area contributed by atoms with E-state index >= 15 is 0 Å². The van der Waals surface area contributed by atoms with Crippen molar-refractivity contribution >= 4 is 49.1 Å². The number of nitrogens with one attached hydrogen (secondary N) is 1. The van der Waals surface area contributed by atoms with E-state index in [4.69, 9.17) is 5.73 Å². The van der Waals surface area contributed by atoms with Gasteiger partial charge in [-0.2, -0.15) is 0 Å². The van der Waals surface area contributed by atoms with E-state index in [2.05, 4.69) is 37.2 Å². The molecule has 0 bridgehead atoms. The lowest BCUT2D eigenvalue weighted by atomic mass is 10.1. The number of carbonyl (C=O) groups excluding carboxylic acids is 1. The molecule has 2 aromatic carbocycles. The number of carbonyl (C=O) groups is 1. The third kappa shape index (κ3) is 3.61. The van der Waals surface area contributed by atoms with Crippen molar-refractivity contribution in [3.63, 3.8) is 0 Å². The van der Waals surface area contributed by atoms with E-state index in [1.807, 2.05) is 37.3 Å². The van der Waals surface area contributed by atoms with Gasteiger partial charge in [0.05, 0.1) is 17.8 Å². The number of amides is 1. The summed E-state index contributed by atoms with van der Waals surface area (Å²) in [6, 6.07) is 11.4. The van der Waals surface area contributed by atoms with Crippen molar-refractivity contribution in [1.29, 1.82) is 0 Å². The van der Waals surface area contributed by atoms with Gasteiger partial charge in [-0.25, -0.2) is 0 Å². The molecule has 0 spiro atoms. The highest BCUT2D eigenvalue weighted by Gasteiger charge is 2.11. The lowest BCUT2D eigenvalue weighted by molar-refractivity contribution is -0.115. The second kappa shape index (κ2) is 6.41. The number of halogens is 2. The molecule has 0 aliphatic rings. The molecule has 2 aromatic rings. The maximum absolute atomic E-state index is 12.1. The van der Waals surface area contributed by atoms with Crippen LogP contribution in [0.5, 0.6) is 0 Å². The molecule has 0 atom stereocenters. The summed E-state index contributed by atoms with van der Waals surface area (Å²) in [7, 11) is 0. The smallest absolute Gasteiger partial charge is 0.228 e. The quantitative estimate of drug-likeness (QED) is 0.759. The van der Waals surface area contributed by atoms with Gasteiger partial charge in [-0.3, -0.25) is 4.79 Å². The molecule has 3 N–H and O–H groups in total. The van der Waals surface area contributed by atoms with Crippen molar-refractivity contribution in [1.82, 2.24) is 0 Å². The molecular formula is C15H14Br2N2O. The van der Waals surface area contributed by atoms with Gasteiger partial charge in [0.25, 0.3) is 0 Å². The Balaban J connectivity index is 2.15. The first-order valence-electron chi connectivity index (χ1n) is 6.06. The average molecular weight is 398 g/mol. The predicted molar refractivity (Wildman–Crippen MR) is 89.8 cm³/mol. The molecule has 0 heterocycles. The summed E-state index contributed by atoms with van der Waals surface area (Å²) in [5.74, 6) is -0.0889. The summed E-state index contributed by atoms with van der Waals surface area (Å²) in [5.41, 5.74) is 9.15. The van der Waals surface area contributed by atoms with E-state index in [0.29, 0.717) is 17.8 Å². The fraction of sp³-hybridized carbons (Fsp3) is 0.133. The van der Waals surface area contributed by atoms with Crippen molar-refractivity contribution < 1.29 is 4.79 Å². The fourth-order valence-corrected chi connectivity index (χ4v) is 3.25. The molecular weight excluding hydrogens is 384 g/mol. The highest BCUT2D eigenvalue weighted by molar-refractivity contribution is 9.11. The lowest BCUT2D eigenvalue weighted by Gasteiger charge is -2.12. The summed E-state index contributed by atoms with van der Waals surface area (Å²) in [5, 5.41) is 2.85. The van der Waals surface area contributed by atoms with Crippen molar-refractivity contribution in [2.45, 2.75) is 13.3 Å². The maximum Gasteiger partial charge on any atom is 0.228 e. The Labute approximate surface area is 134 Å². The fourth-order valence-electron chi connectivity index (χ4n) is 1.89. The van der Waals surface area contributed by atoms with E-state index in [1.54, 1.807) is 6.07 Å². The van der Waals surface area contributed by atoms with Crippen LogP contribution in [0.15, 0.2) is 45.3 Å². The highest BCUT2D eigenvalue weighted by Crippen LogP contribution is 2.32. The number of hydrogen-bond acceptors (Lipinski definition) is 2. The van der Waals surface area contributed by atoms with Gasteiger partial charge in [0.2, 0.25) is 5.91 Å². The van der Waals surface area contributed by atoms with Crippen LogP contribution in [-0.2, 0) is 11.2 Å². The molecule has 0 radical (unpaired) electrons. The molecule has 0 aromatic heterocycles. The molecule has 0 aliphatic carbocycles. The third-order valence-corrected chi connectivity index (χ3v) is 4.05. The molecule has 0 saturated carbocycles. The first kappa shape index (κ1) is 15.1. The zero-order valence-corrected chi connectivity index (χ0v) is 14.1. The normalized spacial score (nSPS) is 10.3. The Hall–Kier alpha value is -1.33. The Morgan fingerprint density at radius 3 is 2.60 bits per heavy atom. The zero-order chi connectivity index (χ0) is 14.7. The molecule has 2 rings (SSSR count). The van der Waals surface area contributed by atoms with Gasteiger partial charge in [0.15, 0.2) is 0 Å². The number of nitrogen functional groups attached to an aromatic ring is 1. The second-order valence-electron chi connectivity index (χ2n) is 4.50. The summed E-state index contributed by atoms with van der Waals surface area (Å²) in [6.45, 7) is 1.99. The molecule has 0 unspecified atom stereocenters. The van der Waals surface area contributed by atoms with Crippen molar-refractivity contribution in [3.05, 3.63) is 56.5 Å². The molecule has 1 amide bonds. The summed E-state index contributed by atoms with van der Waals surface area (Å²) >= 11 is 6.76. The molecule has 104 valence electrons. The molecule has 5 heteroatoms. The van der Waals surface area contributed by atoms with Crippen LogP contribution in [0.25, 0.3) is 0 Å². The van der Waals surface area contributed by atoms with Crippen molar-refractivity contribution in [2.75, 3.05) is 11.1 Å². The third-order valence-electron chi connectivity index (χ3n) is 2.96. The van der Waals surface area contributed by atoms with Crippen LogP contribution in [0, 0.1) is 6.92 Å². The highest BCUT2D eigenvalue weighted by atomic mass is 79.9. The monoisotopic (exact) mass is 396 g/mol. The Morgan fingerprint density at radius 1 is 1.25 bits per heavy atom. The molecule has 0 aliphatic heterocycles. The number of aryl methyl sites for hydroxylation is 1. The van der Waals surface area contributed by atoms with Gasteiger partial charge in [0, 0.05) is 8.95 Å². The van der Waals surface area contributed by atoms with Gasteiger partial charge < -0.3 is 11.1 Å². The summed E-state index contributed by atoms with van der Waals surface area (Å²) in [4.78, 5) is 12.1. The van der Waals surface area contributed by atoms with E-state index < -0.39 is 0 Å². The van der Waals surface area contributed by atoms with Gasteiger partial charge in [0.1, 0.15) is 0 Å². The van der Waals surface area contributed by atoms with E-state index in [-0.39, 0.29) is 5.91 Å². The number of nitrogens with two attached hydrogens (primary N) is 1. The Morgan fingerprint density at radius 2 is 1.95 bits per heavy atom. The Bertz CT molecular complexity index is 633. The minimum absolute atomic E-state index is 0.0889. The molecule has 0 saturated heterocycles. The van der Waals surface area contributed by atoms with E-state index in [1.165, 1.54) is 0 Å². The van der Waals surface area contributed by atoms with Crippen LogP contribution < -0.4 is 11.1 Å². The maximum atomic E-state index is 12.1. The molecule has 0 fully saturated rings. The van der Waals surface area contributed by atoms with Crippen LogP contribution in [0.2, 0.25) is 0 Å². The topological polar surface area (TPSA) is 55.1 Å². The zero-order valence-electron chi connectivity index (χ0n) is 10.9. The van der Waals surface area contributed by atoms with Gasteiger partial charge in [-0.05, 0) is 46.1 Å². The van der Waals surface area contributed by atoms with Gasteiger partial charge in [-0.1, -0.05) is 40.2 Å². The SMILES string of the molecule is Cc1ccccc1CC(=O)Nc1c(N)cc(Br)cc1Br. The summed E-state index contributed by atoms with van der Waals surface area (Å²) < 4.78 is 1.61. The predicted octanol–water partition coefficient (Wildman–Crippen LogP) is 4.28. The number of anilines is 2. The first-order valence-corrected chi connectivity index (χ1v) is 7.65. The molecule has 3 nitrogen and oxygen atoms in total. The van der Waals surface area contributed by atoms with Gasteiger partial charge >= 0.3 is 0 Å². The van der Waals surface area contributed by atoms with Crippen molar-refractivity contribution in [3.8, 4) is 0 Å². The minimum Gasteiger partial charge on any atom is -0.397 e. The minimum atomic E-state index is -0.0889. The van der Waals surface area contributed by atoms with E-state index in [0.717, 1.165) is 20.1 Å². The first-order chi connectivity index (χ1) is 9.47. The molecule has 20 heavy (non-hydrogen) atoms. The second-order valence-corrected chi connectivity index (χ2v) is 6.27. The van der Waals surface area contributed by atoms with Crippen molar-refractivity contribution in [2.24, 2.45) is 0 Å².